The summed E-state index contributed by atoms with van der Waals surface area (Å²) in [4.78, 5) is 19.4. The molecule has 9 heteroatoms. The van der Waals surface area contributed by atoms with Gasteiger partial charge in [-0.1, -0.05) is 32.0 Å². The van der Waals surface area contributed by atoms with Gasteiger partial charge in [0.2, 0.25) is 10.0 Å². The fourth-order valence-electron chi connectivity index (χ4n) is 3.94. The second-order valence-electron chi connectivity index (χ2n) is 7.95. The smallest absolute Gasteiger partial charge is 0.315 e. The molecule has 2 N–H and O–H groups in total. The normalized spacial score (nSPS) is 16.1. The summed E-state index contributed by atoms with van der Waals surface area (Å²) in [5, 5.41) is 6.01. The first-order valence-electron chi connectivity index (χ1n) is 11.2. The van der Waals surface area contributed by atoms with Gasteiger partial charge >= 0.3 is 6.03 Å². The van der Waals surface area contributed by atoms with Crippen molar-refractivity contribution in [2.45, 2.75) is 50.6 Å². The molecule has 1 unspecified atom stereocenters. The molecule has 2 aromatic rings. The second-order valence-corrected chi connectivity index (χ2v) is 9.89. The zero-order chi connectivity index (χ0) is 23.1. The van der Waals surface area contributed by atoms with Gasteiger partial charge in [-0.15, -0.1) is 0 Å². The lowest BCUT2D eigenvalue weighted by atomic mass is 10.1. The number of sulfonamides is 1. The lowest BCUT2D eigenvalue weighted by Crippen LogP contribution is -2.48. The molecule has 1 saturated heterocycles. The summed E-state index contributed by atoms with van der Waals surface area (Å²) in [7, 11) is -3.49. The standard InChI is InChI=1S/C23H33N5O3S/c1-4-28(5-2)32(30,31)21-11-9-19(10-12-21)18(3)25-23(29)26-20-13-16-27(17-14-20)22-8-6-7-15-24-22/h6-12,15,18,20H,4-5,13-14,16-17H2,1-3H3,(H2,25,26,29). The maximum Gasteiger partial charge on any atom is 0.315 e. The molecule has 0 radical (unpaired) electrons. The van der Waals surface area contributed by atoms with Crippen molar-refractivity contribution in [3.63, 3.8) is 0 Å². The van der Waals surface area contributed by atoms with E-state index in [0.717, 1.165) is 37.3 Å². The Morgan fingerprint density at radius 3 is 2.34 bits per heavy atom. The van der Waals surface area contributed by atoms with Crippen molar-refractivity contribution in [1.29, 1.82) is 0 Å². The van der Waals surface area contributed by atoms with Gasteiger partial charge in [0.15, 0.2) is 0 Å². The molecule has 1 aromatic heterocycles. The molecule has 3 rings (SSSR count). The summed E-state index contributed by atoms with van der Waals surface area (Å²) in [6.07, 6.45) is 3.51. The number of nitrogens with one attached hydrogen (secondary N) is 2. The second kappa shape index (κ2) is 10.8. The molecular weight excluding hydrogens is 426 g/mol. The highest BCUT2D eigenvalue weighted by atomic mass is 32.2. The monoisotopic (exact) mass is 459 g/mol. The van der Waals surface area contributed by atoms with Gasteiger partial charge in [0, 0.05) is 38.4 Å². The van der Waals surface area contributed by atoms with Crippen LogP contribution >= 0.6 is 0 Å². The van der Waals surface area contributed by atoms with E-state index in [0.29, 0.717) is 13.1 Å². The van der Waals surface area contributed by atoms with Gasteiger partial charge in [-0.05, 0) is 49.6 Å². The highest BCUT2D eigenvalue weighted by molar-refractivity contribution is 7.89. The minimum atomic E-state index is -3.49. The predicted molar refractivity (Wildman–Crippen MR) is 126 cm³/mol. The van der Waals surface area contributed by atoms with Gasteiger partial charge in [0.1, 0.15) is 5.82 Å². The van der Waals surface area contributed by atoms with Crippen LogP contribution in [0.5, 0.6) is 0 Å². The number of piperidine rings is 1. The van der Waals surface area contributed by atoms with E-state index < -0.39 is 10.0 Å². The molecule has 8 nitrogen and oxygen atoms in total. The first kappa shape index (κ1) is 24.0. The maximum atomic E-state index is 12.6. The molecule has 1 fully saturated rings. The van der Waals surface area contributed by atoms with Crippen molar-refractivity contribution in [3.8, 4) is 0 Å². The Bertz CT molecular complexity index is 970. The van der Waals surface area contributed by atoms with Crippen molar-refractivity contribution in [1.82, 2.24) is 19.9 Å². The van der Waals surface area contributed by atoms with Crippen LogP contribution in [-0.4, -0.2) is 56.0 Å². The number of rotatable bonds is 8. The summed E-state index contributed by atoms with van der Waals surface area (Å²) in [6, 6.07) is 12.3. The molecule has 1 aliphatic heterocycles. The van der Waals surface area contributed by atoms with Crippen LogP contribution in [0.3, 0.4) is 0 Å². The third kappa shape index (κ3) is 5.77. The first-order chi connectivity index (χ1) is 15.3. The summed E-state index contributed by atoms with van der Waals surface area (Å²) in [5.41, 5.74) is 0.851. The van der Waals surface area contributed by atoms with Crippen LogP contribution in [0.1, 0.15) is 45.2 Å². The van der Waals surface area contributed by atoms with Crippen LogP contribution in [-0.2, 0) is 10.0 Å². The molecule has 1 aliphatic rings. The zero-order valence-corrected chi connectivity index (χ0v) is 19.8. The number of urea groups is 1. The van der Waals surface area contributed by atoms with Crippen LogP contribution in [0.4, 0.5) is 10.6 Å². The number of carbonyl (C=O) groups excluding carboxylic acids is 1. The fraction of sp³-hybridized carbons (Fsp3) is 0.478. The SMILES string of the molecule is CCN(CC)S(=O)(=O)c1ccc(C(C)NC(=O)NC2CCN(c3ccccn3)CC2)cc1. The van der Waals surface area contributed by atoms with E-state index in [9.17, 15) is 13.2 Å². The number of aromatic nitrogens is 1. The Balaban J connectivity index is 1.50. The van der Waals surface area contributed by atoms with E-state index in [2.05, 4.69) is 20.5 Å². The molecule has 1 atom stereocenters. The number of benzene rings is 1. The van der Waals surface area contributed by atoms with Crippen molar-refractivity contribution in [3.05, 3.63) is 54.2 Å². The Kier molecular flexibility index (Phi) is 8.09. The zero-order valence-electron chi connectivity index (χ0n) is 19.0. The van der Waals surface area contributed by atoms with Gasteiger partial charge in [-0.3, -0.25) is 0 Å². The van der Waals surface area contributed by atoms with Crippen LogP contribution < -0.4 is 15.5 Å². The molecule has 0 aliphatic carbocycles. The van der Waals surface area contributed by atoms with Gasteiger partial charge < -0.3 is 15.5 Å². The van der Waals surface area contributed by atoms with E-state index in [4.69, 9.17) is 0 Å². The van der Waals surface area contributed by atoms with Gasteiger partial charge in [0.25, 0.3) is 0 Å². The third-order valence-corrected chi connectivity index (χ3v) is 7.94. The number of pyridine rings is 1. The van der Waals surface area contributed by atoms with Crippen molar-refractivity contribution < 1.29 is 13.2 Å². The Morgan fingerprint density at radius 1 is 1.12 bits per heavy atom. The number of hydrogen-bond donors (Lipinski definition) is 2. The van der Waals surface area contributed by atoms with Crippen LogP contribution in [0.2, 0.25) is 0 Å². The molecule has 2 heterocycles. The van der Waals surface area contributed by atoms with E-state index in [1.807, 2.05) is 39.0 Å². The average Bonchev–Trinajstić information content (AvgIpc) is 2.81. The Labute approximate surface area is 191 Å². The van der Waals surface area contributed by atoms with E-state index in [1.54, 1.807) is 30.5 Å². The molecule has 32 heavy (non-hydrogen) atoms. The van der Waals surface area contributed by atoms with E-state index in [1.165, 1.54) is 4.31 Å². The minimum Gasteiger partial charge on any atom is -0.356 e. The Hall–Kier alpha value is -2.65. The van der Waals surface area contributed by atoms with Gasteiger partial charge in [0.05, 0.1) is 10.9 Å². The van der Waals surface area contributed by atoms with Crippen LogP contribution in [0, 0.1) is 0 Å². The molecular formula is C23H33N5O3S. The van der Waals surface area contributed by atoms with Crippen molar-refractivity contribution >= 4 is 21.9 Å². The molecule has 0 spiro atoms. The summed E-state index contributed by atoms with van der Waals surface area (Å²) < 4.78 is 26.7. The fourth-order valence-corrected chi connectivity index (χ4v) is 5.40. The van der Waals surface area contributed by atoms with Crippen molar-refractivity contribution in [2.75, 3.05) is 31.1 Å². The number of anilines is 1. The molecule has 174 valence electrons. The number of hydrogen-bond acceptors (Lipinski definition) is 5. The predicted octanol–water partition coefficient (Wildman–Crippen LogP) is 3.14. The lowest BCUT2D eigenvalue weighted by Gasteiger charge is -2.33. The highest BCUT2D eigenvalue weighted by Gasteiger charge is 2.23. The summed E-state index contributed by atoms with van der Waals surface area (Å²) in [5.74, 6) is 0.968. The number of carbonyl (C=O) groups is 1. The maximum absolute atomic E-state index is 12.6. The van der Waals surface area contributed by atoms with E-state index in [-0.39, 0.29) is 23.0 Å². The molecule has 2 amide bonds. The minimum absolute atomic E-state index is 0.115. The van der Waals surface area contributed by atoms with Crippen LogP contribution in [0.15, 0.2) is 53.6 Å². The van der Waals surface area contributed by atoms with Gasteiger partial charge in [-0.2, -0.15) is 4.31 Å². The lowest BCUT2D eigenvalue weighted by molar-refractivity contribution is 0.231. The molecule has 0 saturated carbocycles. The largest absolute Gasteiger partial charge is 0.356 e. The average molecular weight is 460 g/mol. The highest BCUT2D eigenvalue weighted by Crippen LogP contribution is 2.20. The van der Waals surface area contributed by atoms with E-state index >= 15 is 0 Å². The van der Waals surface area contributed by atoms with Crippen molar-refractivity contribution in [2.24, 2.45) is 0 Å². The quantitative estimate of drug-likeness (QED) is 0.632. The number of amides is 2. The summed E-state index contributed by atoms with van der Waals surface area (Å²) in [6.45, 7) is 8.08. The number of nitrogens with zero attached hydrogens (tertiary/aromatic N) is 3. The molecule has 0 bridgehead atoms. The summed E-state index contributed by atoms with van der Waals surface area (Å²) >= 11 is 0. The Morgan fingerprint density at radius 2 is 1.78 bits per heavy atom. The topological polar surface area (TPSA) is 94.6 Å². The molecule has 1 aromatic carbocycles. The van der Waals surface area contributed by atoms with Crippen LogP contribution in [0.25, 0.3) is 0 Å². The first-order valence-corrected chi connectivity index (χ1v) is 12.6. The third-order valence-electron chi connectivity index (χ3n) is 5.87. The van der Waals surface area contributed by atoms with Gasteiger partial charge in [-0.25, -0.2) is 18.2 Å².